The van der Waals surface area contributed by atoms with E-state index in [9.17, 15) is 0 Å². The SMILES string of the molecule is c1cc2c(c3c1CCC3)CSC2. The van der Waals surface area contributed by atoms with Crippen molar-refractivity contribution in [1.82, 2.24) is 0 Å². The number of rotatable bonds is 0. The topological polar surface area (TPSA) is 0 Å². The van der Waals surface area contributed by atoms with Crippen LogP contribution in [-0.4, -0.2) is 0 Å². The van der Waals surface area contributed by atoms with Gasteiger partial charge < -0.3 is 0 Å². The second kappa shape index (κ2) is 2.53. The van der Waals surface area contributed by atoms with Crippen molar-refractivity contribution in [3.05, 3.63) is 34.4 Å². The van der Waals surface area contributed by atoms with Crippen LogP contribution in [0.1, 0.15) is 28.7 Å². The molecule has 1 aliphatic carbocycles. The van der Waals surface area contributed by atoms with Crippen LogP contribution < -0.4 is 0 Å². The maximum absolute atomic E-state index is 2.35. The first-order valence-corrected chi connectivity index (χ1v) is 5.81. The Bertz CT molecular complexity index is 295. The Morgan fingerprint density at radius 3 is 2.83 bits per heavy atom. The van der Waals surface area contributed by atoms with E-state index in [-0.39, 0.29) is 0 Å². The molecule has 0 N–H and O–H groups in total. The molecule has 0 nitrogen and oxygen atoms in total. The Morgan fingerprint density at radius 2 is 1.83 bits per heavy atom. The van der Waals surface area contributed by atoms with Crippen LogP contribution >= 0.6 is 11.8 Å². The molecule has 1 heteroatoms. The average molecular weight is 176 g/mol. The van der Waals surface area contributed by atoms with E-state index in [1.807, 2.05) is 0 Å². The highest BCUT2D eigenvalue weighted by molar-refractivity contribution is 7.98. The molecule has 0 saturated carbocycles. The van der Waals surface area contributed by atoms with Crippen molar-refractivity contribution >= 4 is 11.8 Å². The van der Waals surface area contributed by atoms with E-state index < -0.39 is 0 Å². The second-order valence-electron chi connectivity index (χ2n) is 3.69. The summed E-state index contributed by atoms with van der Waals surface area (Å²) in [5.41, 5.74) is 6.64. The zero-order valence-electron chi connectivity index (χ0n) is 7.10. The van der Waals surface area contributed by atoms with E-state index in [0.717, 1.165) is 0 Å². The lowest BCUT2D eigenvalue weighted by molar-refractivity contribution is 0.909. The van der Waals surface area contributed by atoms with Gasteiger partial charge in [0.15, 0.2) is 0 Å². The molecule has 3 rings (SSSR count). The molecule has 0 atom stereocenters. The molecule has 2 aliphatic rings. The van der Waals surface area contributed by atoms with Crippen molar-refractivity contribution in [3.8, 4) is 0 Å². The minimum absolute atomic E-state index is 1.25. The van der Waals surface area contributed by atoms with Crippen LogP contribution in [0.25, 0.3) is 0 Å². The molecular formula is C11H12S. The van der Waals surface area contributed by atoms with E-state index in [1.165, 1.54) is 30.8 Å². The van der Waals surface area contributed by atoms with Gasteiger partial charge in [0.1, 0.15) is 0 Å². The highest BCUT2D eigenvalue weighted by Gasteiger charge is 2.20. The molecule has 62 valence electrons. The first-order valence-electron chi connectivity index (χ1n) is 4.65. The van der Waals surface area contributed by atoms with E-state index in [0.29, 0.717) is 0 Å². The first-order chi connectivity index (χ1) is 5.95. The molecular weight excluding hydrogens is 164 g/mol. The van der Waals surface area contributed by atoms with Gasteiger partial charge in [0.05, 0.1) is 0 Å². The van der Waals surface area contributed by atoms with Crippen molar-refractivity contribution in [2.75, 3.05) is 0 Å². The van der Waals surface area contributed by atoms with Gasteiger partial charge in [0.2, 0.25) is 0 Å². The van der Waals surface area contributed by atoms with Gasteiger partial charge in [0.25, 0.3) is 0 Å². The summed E-state index contributed by atoms with van der Waals surface area (Å²) in [5, 5.41) is 0. The van der Waals surface area contributed by atoms with E-state index in [1.54, 1.807) is 22.3 Å². The summed E-state index contributed by atoms with van der Waals surface area (Å²) >= 11 is 2.07. The standard InChI is InChI=1S/C11H12S/c1-2-8-4-5-9-6-12-7-11(9)10(8)3-1/h4-5H,1-3,6-7H2. The first kappa shape index (κ1) is 7.02. The zero-order valence-corrected chi connectivity index (χ0v) is 7.91. The van der Waals surface area contributed by atoms with Crippen molar-refractivity contribution in [3.63, 3.8) is 0 Å². The lowest BCUT2D eigenvalue weighted by Gasteiger charge is -2.05. The lowest BCUT2D eigenvalue weighted by Crippen LogP contribution is -1.91. The summed E-state index contributed by atoms with van der Waals surface area (Å²) in [6.45, 7) is 0. The molecule has 0 radical (unpaired) electrons. The molecule has 0 saturated heterocycles. The molecule has 0 amide bonds. The van der Waals surface area contributed by atoms with Gasteiger partial charge in [-0.3, -0.25) is 0 Å². The third kappa shape index (κ3) is 0.861. The smallest absolute Gasteiger partial charge is 0.0193 e. The fraction of sp³-hybridized carbons (Fsp3) is 0.455. The van der Waals surface area contributed by atoms with E-state index in [2.05, 4.69) is 23.9 Å². The summed E-state index contributed by atoms with van der Waals surface area (Å²) in [6, 6.07) is 4.70. The number of hydrogen-bond acceptors (Lipinski definition) is 1. The second-order valence-corrected chi connectivity index (χ2v) is 4.67. The molecule has 0 bridgehead atoms. The summed E-state index contributed by atoms with van der Waals surface area (Å²) in [5.74, 6) is 2.53. The van der Waals surface area contributed by atoms with Crippen molar-refractivity contribution in [1.29, 1.82) is 0 Å². The summed E-state index contributed by atoms with van der Waals surface area (Å²) in [6.07, 6.45) is 4.06. The Kier molecular flexibility index (Phi) is 1.48. The summed E-state index contributed by atoms with van der Waals surface area (Å²) in [4.78, 5) is 0. The quantitative estimate of drug-likeness (QED) is 0.585. The number of benzene rings is 1. The summed E-state index contributed by atoms with van der Waals surface area (Å²) in [7, 11) is 0. The van der Waals surface area contributed by atoms with Crippen LogP contribution in [0.5, 0.6) is 0 Å². The predicted molar refractivity (Wildman–Crippen MR) is 53.5 cm³/mol. The van der Waals surface area contributed by atoms with E-state index in [4.69, 9.17) is 0 Å². The van der Waals surface area contributed by atoms with Gasteiger partial charge in [-0.15, -0.1) is 0 Å². The number of aryl methyl sites for hydroxylation is 1. The number of thioether (sulfide) groups is 1. The van der Waals surface area contributed by atoms with Crippen LogP contribution in [0, 0.1) is 0 Å². The van der Waals surface area contributed by atoms with Crippen molar-refractivity contribution in [2.45, 2.75) is 30.8 Å². The minimum Gasteiger partial charge on any atom is -0.152 e. The van der Waals surface area contributed by atoms with Crippen molar-refractivity contribution in [2.24, 2.45) is 0 Å². The maximum atomic E-state index is 2.35. The molecule has 1 aromatic carbocycles. The number of hydrogen-bond donors (Lipinski definition) is 0. The molecule has 0 unspecified atom stereocenters. The van der Waals surface area contributed by atoms with Crippen LogP contribution in [0.2, 0.25) is 0 Å². The molecule has 1 aromatic rings. The van der Waals surface area contributed by atoms with Gasteiger partial charge in [-0.25, -0.2) is 0 Å². The maximum Gasteiger partial charge on any atom is 0.0193 e. The zero-order chi connectivity index (χ0) is 7.97. The third-order valence-electron chi connectivity index (χ3n) is 3.00. The van der Waals surface area contributed by atoms with Gasteiger partial charge in [-0.1, -0.05) is 12.1 Å². The predicted octanol–water partition coefficient (Wildman–Crippen LogP) is 2.92. The van der Waals surface area contributed by atoms with Gasteiger partial charge in [0, 0.05) is 11.5 Å². The Balaban J connectivity index is 2.24. The number of fused-ring (bicyclic) bond motifs is 3. The lowest BCUT2D eigenvalue weighted by atomic mass is 10.00. The fourth-order valence-electron chi connectivity index (χ4n) is 2.37. The Hall–Kier alpha value is -0.430. The van der Waals surface area contributed by atoms with Crippen molar-refractivity contribution < 1.29 is 0 Å². The average Bonchev–Trinajstić information content (AvgIpc) is 2.71. The summed E-state index contributed by atoms with van der Waals surface area (Å²) < 4.78 is 0. The van der Waals surface area contributed by atoms with Gasteiger partial charge >= 0.3 is 0 Å². The Morgan fingerprint density at radius 1 is 0.917 bits per heavy atom. The molecule has 0 aromatic heterocycles. The molecule has 1 heterocycles. The Labute approximate surface area is 77.4 Å². The van der Waals surface area contributed by atoms with E-state index >= 15 is 0 Å². The van der Waals surface area contributed by atoms with Crippen LogP contribution in [0.3, 0.4) is 0 Å². The molecule has 1 aliphatic heterocycles. The van der Waals surface area contributed by atoms with Crippen LogP contribution in [0.15, 0.2) is 12.1 Å². The van der Waals surface area contributed by atoms with Gasteiger partial charge in [-0.2, -0.15) is 11.8 Å². The van der Waals surface area contributed by atoms with Gasteiger partial charge in [-0.05, 0) is 41.5 Å². The monoisotopic (exact) mass is 176 g/mol. The molecule has 0 fully saturated rings. The van der Waals surface area contributed by atoms with Crippen LogP contribution in [-0.2, 0) is 24.3 Å². The highest BCUT2D eigenvalue weighted by atomic mass is 32.2. The van der Waals surface area contributed by atoms with Crippen LogP contribution in [0.4, 0.5) is 0 Å². The largest absolute Gasteiger partial charge is 0.152 e. The third-order valence-corrected chi connectivity index (χ3v) is 4.01. The molecule has 12 heavy (non-hydrogen) atoms. The normalized spacial score (nSPS) is 19.3. The highest BCUT2D eigenvalue weighted by Crippen LogP contribution is 2.37. The minimum atomic E-state index is 1.25. The fourth-order valence-corrected chi connectivity index (χ4v) is 3.53. The molecule has 0 spiro atoms.